The molecule has 0 spiro atoms. The van der Waals surface area contributed by atoms with Crippen LogP contribution in [0.15, 0.2) is 12.1 Å². The van der Waals surface area contributed by atoms with Gasteiger partial charge in [-0.25, -0.2) is 0 Å². The van der Waals surface area contributed by atoms with E-state index in [1.807, 2.05) is 26.0 Å². The van der Waals surface area contributed by atoms with Crippen LogP contribution in [-0.2, 0) is 0 Å². The second-order valence-corrected chi connectivity index (χ2v) is 3.87. The third kappa shape index (κ3) is 2.30. The number of hydrogen-bond acceptors (Lipinski definition) is 3. The number of hydrogen-bond donors (Lipinski definition) is 2. The maximum absolute atomic E-state index is 9.46. The Hall–Kier alpha value is -1.06. The molecule has 84 valence electrons. The molecule has 0 aromatic heterocycles. The van der Waals surface area contributed by atoms with Crippen LogP contribution >= 0.6 is 0 Å². The summed E-state index contributed by atoms with van der Waals surface area (Å²) in [4.78, 5) is 0. The highest BCUT2D eigenvalue weighted by atomic mass is 16.5. The Bertz CT molecular complexity index is 348. The van der Waals surface area contributed by atoms with Crippen LogP contribution in [0, 0.1) is 13.8 Å². The van der Waals surface area contributed by atoms with Crippen molar-refractivity contribution in [1.82, 2.24) is 0 Å². The molecule has 3 N–H and O–H groups in total. The lowest BCUT2D eigenvalue weighted by Gasteiger charge is -2.20. The van der Waals surface area contributed by atoms with Crippen LogP contribution in [0.4, 0.5) is 0 Å². The fourth-order valence-electron chi connectivity index (χ4n) is 1.66. The molecule has 1 aromatic carbocycles. The number of ether oxygens (including phenoxy) is 1. The standard InChI is InChI=1S/C12H19NO2/c1-7-8(2)11(15-4)6-5-10(7)12(13)9(3)14/h5-6,9,12,14H,13H2,1-4H3. The minimum absolute atomic E-state index is 0.338. The lowest BCUT2D eigenvalue weighted by Crippen LogP contribution is -2.24. The van der Waals surface area contributed by atoms with Crippen molar-refractivity contribution >= 4 is 0 Å². The minimum Gasteiger partial charge on any atom is -0.496 e. The van der Waals surface area contributed by atoms with E-state index >= 15 is 0 Å². The van der Waals surface area contributed by atoms with Gasteiger partial charge in [0.25, 0.3) is 0 Å². The van der Waals surface area contributed by atoms with Gasteiger partial charge in [-0.3, -0.25) is 0 Å². The van der Waals surface area contributed by atoms with E-state index in [9.17, 15) is 5.11 Å². The first-order valence-electron chi connectivity index (χ1n) is 5.06. The molecule has 1 aromatic rings. The summed E-state index contributed by atoms with van der Waals surface area (Å²) in [5.41, 5.74) is 9.04. The largest absolute Gasteiger partial charge is 0.496 e. The highest BCUT2D eigenvalue weighted by Gasteiger charge is 2.16. The first-order valence-corrected chi connectivity index (χ1v) is 5.06. The van der Waals surface area contributed by atoms with Crippen LogP contribution in [0.5, 0.6) is 5.75 Å². The van der Waals surface area contributed by atoms with E-state index in [2.05, 4.69) is 0 Å². The second kappa shape index (κ2) is 4.64. The molecular weight excluding hydrogens is 190 g/mol. The Morgan fingerprint density at radius 1 is 1.27 bits per heavy atom. The molecule has 2 unspecified atom stereocenters. The predicted octanol–water partition coefficient (Wildman–Crippen LogP) is 1.69. The van der Waals surface area contributed by atoms with Gasteiger partial charge in [0.2, 0.25) is 0 Å². The molecular formula is C12H19NO2. The Morgan fingerprint density at radius 2 is 1.87 bits per heavy atom. The maximum atomic E-state index is 9.46. The molecule has 0 aliphatic rings. The summed E-state index contributed by atoms with van der Waals surface area (Å²) in [6.07, 6.45) is -0.545. The predicted molar refractivity (Wildman–Crippen MR) is 61.1 cm³/mol. The zero-order valence-electron chi connectivity index (χ0n) is 9.74. The lowest BCUT2D eigenvalue weighted by molar-refractivity contribution is 0.164. The van der Waals surface area contributed by atoms with Gasteiger partial charge < -0.3 is 15.6 Å². The number of nitrogens with two attached hydrogens (primary N) is 1. The van der Waals surface area contributed by atoms with Crippen LogP contribution in [0.25, 0.3) is 0 Å². The van der Waals surface area contributed by atoms with Crippen molar-refractivity contribution < 1.29 is 9.84 Å². The molecule has 15 heavy (non-hydrogen) atoms. The van der Waals surface area contributed by atoms with Gasteiger partial charge in [-0.1, -0.05) is 6.07 Å². The first kappa shape index (κ1) is 12.0. The number of methoxy groups -OCH3 is 1. The summed E-state index contributed by atoms with van der Waals surface area (Å²) in [5.74, 6) is 0.856. The molecule has 0 amide bonds. The molecule has 0 heterocycles. The molecule has 0 bridgehead atoms. The van der Waals surface area contributed by atoms with E-state index in [0.717, 1.165) is 22.4 Å². The average molecular weight is 209 g/mol. The lowest BCUT2D eigenvalue weighted by atomic mass is 9.95. The van der Waals surface area contributed by atoms with Gasteiger partial charge in [-0.05, 0) is 43.5 Å². The van der Waals surface area contributed by atoms with Crippen molar-refractivity contribution in [1.29, 1.82) is 0 Å². The molecule has 0 fully saturated rings. The summed E-state index contributed by atoms with van der Waals surface area (Å²) in [6.45, 7) is 5.69. The molecule has 3 nitrogen and oxygen atoms in total. The van der Waals surface area contributed by atoms with Crippen molar-refractivity contribution in [2.45, 2.75) is 32.9 Å². The summed E-state index contributed by atoms with van der Waals surface area (Å²) in [7, 11) is 1.65. The molecule has 0 saturated heterocycles. The van der Waals surface area contributed by atoms with Gasteiger partial charge in [-0.2, -0.15) is 0 Å². The highest BCUT2D eigenvalue weighted by molar-refractivity contribution is 5.44. The van der Waals surface area contributed by atoms with Crippen LogP contribution in [0.2, 0.25) is 0 Å². The quantitative estimate of drug-likeness (QED) is 0.796. The fraction of sp³-hybridized carbons (Fsp3) is 0.500. The van der Waals surface area contributed by atoms with Crippen LogP contribution in [0.3, 0.4) is 0 Å². The Morgan fingerprint density at radius 3 is 2.33 bits per heavy atom. The number of rotatable bonds is 3. The minimum atomic E-state index is -0.545. The van der Waals surface area contributed by atoms with E-state index in [-0.39, 0.29) is 6.04 Å². The molecule has 0 radical (unpaired) electrons. The number of aliphatic hydroxyl groups is 1. The molecule has 0 aliphatic heterocycles. The Kier molecular flexibility index (Phi) is 3.72. The van der Waals surface area contributed by atoms with Crippen LogP contribution in [0.1, 0.15) is 29.7 Å². The number of benzene rings is 1. The number of aliphatic hydroxyl groups excluding tert-OH is 1. The van der Waals surface area contributed by atoms with Crippen molar-refractivity contribution in [3.8, 4) is 5.75 Å². The molecule has 3 heteroatoms. The van der Waals surface area contributed by atoms with Gasteiger partial charge in [0.15, 0.2) is 0 Å². The summed E-state index contributed by atoms with van der Waals surface area (Å²) in [6, 6.07) is 3.47. The van der Waals surface area contributed by atoms with Crippen molar-refractivity contribution in [3.05, 3.63) is 28.8 Å². The normalized spacial score (nSPS) is 14.8. The van der Waals surface area contributed by atoms with Gasteiger partial charge in [-0.15, -0.1) is 0 Å². The maximum Gasteiger partial charge on any atom is 0.122 e. The van der Waals surface area contributed by atoms with Crippen molar-refractivity contribution in [2.75, 3.05) is 7.11 Å². The third-order valence-corrected chi connectivity index (χ3v) is 2.88. The molecule has 2 atom stereocenters. The highest BCUT2D eigenvalue weighted by Crippen LogP contribution is 2.27. The monoisotopic (exact) mass is 209 g/mol. The fourth-order valence-corrected chi connectivity index (χ4v) is 1.66. The van der Waals surface area contributed by atoms with Gasteiger partial charge in [0.1, 0.15) is 5.75 Å². The molecule has 1 rings (SSSR count). The summed E-state index contributed by atoms with van der Waals surface area (Å²) >= 11 is 0. The Balaban J connectivity index is 3.17. The van der Waals surface area contributed by atoms with E-state index in [4.69, 9.17) is 10.5 Å². The topological polar surface area (TPSA) is 55.5 Å². The van der Waals surface area contributed by atoms with E-state index in [1.165, 1.54) is 0 Å². The van der Waals surface area contributed by atoms with Crippen molar-refractivity contribution in [3.63, 3.8) is 0 Å². The van der Waals surface area contributed by atoms with Crippen LogP contribution in [-0.4, -0.2) is 18.3 Å². The van der Waals surface area contributed by atoms with Gasteiger partial charge in [0, 0.05) is 0 Å². The summed E-state index contributed by atoms with van der Waals surface area (Å²) in [5, 5.41) is 9.46. The van der Waals surface area contributed by atoms with Gasteiger partial charge >= 0.3 is 0 Å². The van der Waals surface area contributed by atoms with E-state index < -0.39 is 6.10 Å². The SMILES string of the molecule is COc1ccc(C(N)C(C)O)c(C)c1C. The zero-order chi connectivity index (χ0) is 11.6. The zero-order valence-corrected chi connectivity index (χ0v) is 9.74. The van der Waals surface area contributed by atoms with E-state index in [1.54, 1.807) is 14.0 Å². The van der Waals surface area contributed by atoms with E-state index in [0.29, 0.717) is 0 Å². The Labute approximate surface area is 90.9 Å². The molecule has 0 saturated carbocycles. The third-order valence-electron chi connectivity index (χ3n) is 2.88. The van der Waals surface area contributed by atoms with Crippen molar-refractivity contribution in [2.24, 2.45) is 5.73 Å². The molecule has 0 aliphatic carbocycles. The first-order chi connectivity index (χ1) is 6.99. The smallest absolute Gasteiger partial charge is 0.122 e. The van der Waals surface area contributed by atoms with Crippen LogP contribution < -0.4 is 10.5 Å². The average Bonchev–Trinajstić information content (AvgIpc) is 2.21. The van der Waals surface area contributed by atoms with Gasteiger partial charge in [0.05, 0.1) is 19.3 Å². The summed E-state index contributed by atoms with van der Waals surface area (Å²) < 4.78 is 5.22. The second-order valence-electron chi connectivity index (χ2n) is 3.87.